The van der Waals surface area contributed by atoms with Gasteiger partial charge in [-0.2, -0.15) is 0 Å². The zero-order valence-corrected chi connectivity index (χ0v) is 17.8. The van der Waals surface area contributed by atoms with E-state index in [0.717, 1.165) is 44.6 Å². The number of aliphatic hydroxyl groups is 1. The van der Waals surface area contributed by atoms with Gasteiger partial charge in [0.25, 0.3) is 5.91 Å². The van der Waals surface area contributed by atoms with Gasteiger partial charge in [0, 0.05) is 18.3 Å². The zero-order chi connectivity index (χ0) is 21.5. The molecule has 1 saturated heterocycles. The number of amides is 1. The number of ether oxygens (including phenoxy) is 2. The van der Waals surface area contributed by atoms with E-state index in [1.165, 1.54) is 12.8 Å². The number of benzene rings is 1. The molecule has 7 heteroatoms. The highest BCUT2D eigenvalue weighted by Crippen LogP contribution is 2.24. The van der Waals surface area contributed by atoms with Crippen LogP contribution in [0.5, 0.6) is 11.5 Å². The van der Waals surface area contributed by atoms with E-state index >= 15 is 0 Å². The molecule has 3 atom stereocenters. The molecule has 2 heterocycles. The molecule has 1 aliphatic heterocycles. The lowest BCUT2D eigenvalue weighted by Crippen LogP contribution is -2.52. The summed E-state index contributed by atoms with van der Waals surface area (Å²) in [5.74, 6) is 1.19. The Bertz CT molecular complexity index is 824. The second kappa shape index (κ2) is 10.6. The van der Waals surface area contributed by atoms with Crippen LogP contribution in [0.3, 0.4) is 0 Å². The molecule has 0 spiro atoms. The number of carbonyl (C=O) groups excluding carboxylic acids is 1. The summed E-state index contributed by atoms with van der Waals surface area (Å²) in [5.41, 5.74) is 0.550. The van der Waals surface area contributed by atoms with Crippen molar-refractivity contribution in [1.82, 2.24) is 15.2 Å². The minimum atomic E-state index is -0.772. The van der Waals surface area contributed by atoms with E-state index in [9.17, 15) is 9.90 Å². The fraction of sp³-hybridized carbons (Fsp3) is 0.500. The van der Waals surface area contributed by atoms with Gasteiger partial charge in [0.1, 0.15) is 30.3 Å². The maximum Gasteiger partial charge on any atom is 0.251 e. The minimum absolute atomic E-state index is 0.199. The normalized spacial score (nSPS) is 24.0. The molecule has 31 heavy (non-hydrogen) atoms. The fourth-order valence-corrected chi connectivity index (χ4v) is 4.27. The van der Waals surface area contributed by atoms with Crippen LogP contribution in [-0.4, -0.2) is 65.4 Å². The first-order valence-corrected chi connectivity index (χ1v) is 11.2. The fourth-order valence-electron chi connectivity index (χ4n) is 4.27. The van der Waals surface area contributed by atoms with Crippen LogP contribution in [0.1, 0.15) is 42.5 Å². The van der Waals surface area contributed by atoms with Crippen LogP contribution in [0.15, 0.2) is 48.8 Å². The number of pyridine rings is 1. The van der Waals surface area contributed by atoms with Gasteiger partial charge in [0.05, 0.1) is 12.2 Å². The predicted octanol–water partition coefficient (Wildman–Crippen LogP) is 2.65. The first kappa shape index (κ1) is 21.6. The molecule has 2 aromatic rings. The Labute approximate surface area is 183 Å². The molecule has 2 aliphatic rings. The molecule has 1 aromatic carbocycles. The highest BCUT2D eigenvalue weighted by atomic mass is 16.5. The Kier molecular flexibility index (Phi) is 7.38. The summed E-state index contributed by atoms with van der Waals surface area (Å²) in [4.78, 5) is 19.1. The molecule has 7 nitrogen and oxygen atoms in total. The van der Waals surface area contributed by atoms with Gasteiger partial charge in [-0.15, -0.1) is 0 Å². The van der Waals surface area contributed by atoms with E-state index in [0.29, 0.717) is 17.9 Å². The number of hydrogen-bond acceptors (Lipinski definition) is 6. The van der Waals surface area contributed by atoms with Gasteiger partial charge in [0.2, 0.25) is 0 Å². The van der Waals surface area contributed by atoms with Crippen LogP contribution in [0.25, 0.3) is 0 Å². The average molecular weight is 426 g/mol. The van der Waals surface area contributed by atoms with Crippen molar-refractivity contribution in [3.8, 4) is 11.5 Å². The Morgan fingerprint density at radius 1 is 1.10 bits per heavy atom. The lowest BCUT2D eigenvalue weighted by Gasteiger charge is -2.35. The summed E-state index contributed by atoms with van der Waals surface area (Å²) >= 11 is 0. The van der Waals surface area contributed by atoms with Crippen molar-refractivity contribution < 1.29 is 19.4 Å². The molecule has 0 bridgehead atoms. The van der Waals surface area contributed by atoms with Crippen molar-refractivity contribution in [2.24, 2.45) is 0 Å². The monoisotopic (exact) mass is 425 g/mol. The zero-order valence-electron chi connectivity index (χ0n) is 17.8. The first-order valence-electron chi connectivity index (χ1n) is 11.2. The van der Waals surface area contributed by atoms with Crippen molar-refractivity contribution >= 4 is 5.91 Å². The van der Waals surface area contributed by atoms with E-state index in [2.05, 4.69) is 15.2 Å². The van der Waals surface area contributed by atoms with Crippen LogP contribution >= 0.6 is 0 Å². The Hall–Kier alpha value is -2.64. The smallest absolute Gasteiger partial charge is 0.251 e. The summed E-state index contributed by atoms with van der Waals surface area (Å²) in [6.45, 7) is 3.90. The van der Waals surface area contributed by atoms with Crippen LogP contribution < -0.4 is 14.8 Å². The van der Waals surface area contributed by atoms with E-state index in [1.54, 1.807) is 30.6 Å². The summed E-state index contributed by atoms with van der Waals surface area (Å²) in [6, 6.07) is 10.4. The third-order valence-corrected chi connectivity index (χ3v) is 6.03. The molecule has 0 radical (unpaired) electrons. The molecule has 1 aliphatic carbocycles. The molecular weight excluding hydrogens is 394 g/mol. The van der Waals surface area contributed by atoms with E-state index in [4.69, 9.17) is 9.47 Å². The van der Waals surface area contributed by atoms with Gasteiger partial charge in [0.15, 0.2) is 0 Å². The van der Waals surface area contributed by atoms with Gasteiger partial charge in [-0.3, -0.25) is 14.7 Å². The first-order chi connectivity index (χ1) is 15.2. The number of aromatic nitrogens is 1. The third kappa shape index (κ3) is 5.95. The number of likely N-dealkylation sites (tertiary alicyclic amines) is 1. The lowest BCUT2D eigenvalue weighted by molar-refractivity contribution is -0.0142. The second-order valence-corrected chi connectivity index (χ2v) is 8.27. The molecule has 2 fully saturated rings. The van der Waals surface area contributed by atoms with Gasteiger partial charge in [-0.05, 0) is 81.6 Å². The SMILES string of the molecule is O=C(N[C@@H]1CCC[C@@H](Oc2cccnc2)[C@@H]1O)c1ccc(OCCN2CCCC2)cc1. The number of hydrogen-bond donors (Lipinski definition) is 2. The standard InChI is InChI=1S/C24H31N3O4/c28-23-21(6-3-7-22(23)31-20-5-4-12-25-17-20)26-24(29)18-8-10-19(11-9-18)30-16-15-27-13-1-2-14-27/h4-5,8-12,17,21-23,28H,1-3,6-7,13-16H2,(H,26,29)/t21-,22-,23-/m1/s1. The molecular formula is C24H31N3O4. The molecule has 166 valence electrons. The highest BCUT2D eigenvalue weighted by molar-refractivity contribution is 5.94. The molecule has 0 unspecified atom stereocenters. The Balaban J connectivity index is 1.26. The number of nitrogens with one attached hydrogen (secondary N) is 1. The number of nitrogens with zero attached hydrogens (tertiary/aromatic N) is 2. The largest absolute Gasteiger partial charge is 0.492 e. The summed E-state index contributed by atoms with van der Waals surface area (Å²) in [7, 11) is 0. The minimum Gasteiger partial charge on any atom is -0.492 e. The number of aliphatic hydroxyl groups excluding tert-OH is 1. The second-order valence-electron chi connectivity index (χ2n) is 8.27. The molecule has 1 amide bonds. The van der Waals surface area contributed by atoms with Crippen molar-refractivity contribution in [1.29, 1.82) is 0 Å². The Morgan fingerprint density at radius 2 is 1.90 bits per heavy atom. The van der Waals surface area contributed by atoms with Crippen LogP contribution in [0.2, 0.25) is 0 Å². The van der Waals surface area contributed by atoms with Crippen LogP contribution in [0, 0.1) is 0 Å². The quantitative estimate of drug-likeness (QED) is 0.677. The van der Waals surface area contributed by atoms with Crippen LogP contribution in [0.4, 0.5) is 0 Å². The van der Waals surface area contributed by atoms with Crippen LogP contribution in [-0.2, 0) is 0 Å². The van der Waals surface area contributed by atoms with Gasteiger partial charge >= 0.3 is 0 Å². The third-order valence-electron chi connectivity index (χ3n) is 6.03. The average Bonchev–Trinajstić information content (AvgIpc) is 3.31. The van der Waals surface area contributed by atoms with Gasteiger partial charge in [-0.1, -0.05) is 0 Å². The maximum atomic E-state index is 12.7. The molecule has 2 N–H and O–H groups in total. The van der Waals surface area contributed by atoms with Gasteiger partial charge < -0.3 is 19.9 Å². The molecule has 1 saturated carbocycles. The lowest BCUT2D eigenvalue weighted by atomic mass is 9.89. The number of carbonyl (C=O) groups is 1. The summed E-state index contributed by atoms with van der Waals surface area (Å²) in [6.07, 6.45) is 7.05. The van der Waals surface area contributed by atoms with Crippen molar-refractivity contribution in [2.45, 2.75) is 50.4 Å². The van der Waals surface area contributed by atoms with E-state index < -0.39 is 6.10 Å². The predicted molar refractivity (Wildman–Crippen MR) is 117 cm³/mol. The number of rotatable bonds is 8. The van der Waals surface area contributed by atoms with E-state index in [1.807, 2.05) is 18.2 Å². The maximum absolute atomic E-state index is 12.7. The van der Waals surface area contributed by atoms with Gasteiger partial charge in [-0.25, -0.2) is 0 Å². The summed E-state index contributed by atoms with van der Waals surface area (Å²) in [5, 5.41) is 13.7. The topological polar surface area (TPSA) is 83.9 Å². The molecule has 1 aromatic heterocycles. The summed E-state index contributed by atoms with van der Waals surface area (Å²) < 4.78 is 11.7. The van der Waals surface area contributed by atoms with Crippen molar-refractivity contribution in [2.75, 3.05) is 26.2 Å². The van der Waals surface area contributed by atoms with Crippen molar-refractivity contribution in [3.63, 3.8) is 0 Å². The highest BCUT2D eigenvalue weighted by Gasteiger charge is 2.34. The van der Waals surface area contributed by atoms with Crippen molar-refractivity contribution in [3.05, 3.63) is 54.4 Å². The Morgan fingerprint density at radius 3 is 2.65 bits per heavy atom. The van der Waals surface area contributed by atoms with E-state index in [-0.39, 0.29) is 18.1 Å². The molecule has 4 rings (SSSR count).